The van der Waals surface area contributed by atoms with Gasteiger partial charge in [0.25, 0.3) is 10.2 Å². The average Bonchev–Trinajstić information content (AvgIpc) is 2.43. The van der Waals surface area contributed by atoms with E-state index in [-0.39, 0.29) is 18.7 Å². The van der Waals surface area contributed by atoms with E-state index in [2.05, 4.69) is 21.3 Å². The molecule has 0 saturated carbocycles. The maximum Gasteiger partial charge on any atom is 0.277 e. The van der Waals surface area contributed by atoms with Gasteiger partial charge in [-0.2, -0.15) is 13.1 Å². The first-order valence-corrected chi connectivity index (χ1v) is 7.59. The van der Waals surface area contributed by atoms with Gasteiger partial charge in [-0.1, -0.05) is 18.8 Å². The molecule has 0 aliphatic rings. The topological polar surface area (TPSA) is 78.4 Å². The molecule has 1 rings (SSSR count). The zero-order chi connectivity index (χ0) is 15.0. The van der Waals surface area contributed by atoms with E-state index < -0.39 is 16.0 Å². The van der Waals surface area contributed by atoms with Gasteiger partial charge in [0.05, 0.1) is 0 Å². The van der Waals surface area contributed by atoms with E-state index in [0.717, 1.165) is 0 Å². The number of benzene rings is 1. The molecular formula is C13H17FN2O3S. The highest BCUT2D eigenvalue weighted by Gasteiger charge is 2.10. The Kier molecular flexibility index (Phi) is 6.61. The summed E-state index contributed by atoms with van der Waals surface area (Å²) < 4.78 is 41.2. The predicted molar refractivity (Wildman–Crippen MR) is 74.4 cm³/mol. The van der Waals surface area contributed by atoms with Crippen LogP contribution in [0.15, 0.2) is 18.2 Å². The van der Waals surface area contributed by atoms with Gasteiger partial charge < -0.3 is 5.11 Å². The second-order valence-electron chi connectivity index (χ2n) is 3.98. The third-order valence-corrected chi connectivity index (χ3v) is 3.46. The van der Waals surface area contributed by atoms with E-state index in [1.165, 1.54) is 18.2 Å². The van der Waals surface area contributed by atoms with Crippen LogP contribution in [0.1, 0.15) is 24.5 Å². The highest BCUT2D eigenvalue weighted by atomic mass is 32.2. The van der Waals surface area contributed by atoms with Crippen LogP contribution in [0.3, 0.4) is 0 Å². The van der Waals surface area contributed by atoms with Gasteiger partial charge in [-0.05, 0) is 24.6 Å². The van der Waals surface area contributed by atoms with E-state index >= 15 is 0 Å². The van der Waals surface area contributed by atoms with Gasteiger partial charge in [0, 0.05) is 24.2 Å². The van der Waals surface area contributed by atoms with Crippen LogP contribution in [-0.4, -0.2) is 26.7 Å². The standard InChI is InChI=1S/C13H17FN2O3S/c1-2-7-15-20(18,19)16-10-12-9-11(4-3-8-17)5-6-13(12)14/h5-6,9,15-17H,2,7-8,10H2,1H3. The van der Waals surface area contributed by atoms with Gasteiger partial charge >= 0.3 is 0 Å². The molecule has 0 aliphatic carbocycles. The Morgan fingerprint density at radius 1 is 1.35 bits per heavy atom. The lowest BCUT2D eigenvalue weighted by Gasteiger charge is -2.08. The molecular weight excluding hydrogens is 283 g/mol. The smallest absolute Gasteiger partial charge is 0.277 e. The van der Waals surface area contributed by atoms with Crippen molar-refractivity contribution in [1.29, 1.82) is 0 Å². The average molecular weight is 300 g/mol. The maximum absolute atomic E-state index is 13.6. The first-order chi connectivity index (χ1) is 9.48. The summed E-state index contributed by atoms with van der Waals surface area (Å²) in [5.41, 5.74) is 0.702. The Morgan fingerprint density at radius 3 is 2.75 bits per heavy atom. The van der Waals surface area contributed by atoms with Crippen LogP contribution in [0.4, 0.5) is 4.39 Å². The Hall–Kier alpha value is -1.46. The minimum atomic E-state index is -3.63. The fourth-order valence-electron chi connectivity index (χ4n) is 1.39. The molecule has 0 aromatic heterocycles. The zero-order valence-electron chi connectivity index (χ0n) is 11.1. The number of halogens is 1. The van der Waals surface area contributed by atoms with Crippen molar-refractivity contribution in [3.05, 3.63) is 35.1 Å². The zero-order valence-corrected chi connectivity index (χ0v) is 11.9. The van der Waals surface area contributed by atoms with E-state index in [0.29, 0.717) is 18.5 Å². The number of rotatable bonds is 6. The molecule has 0 amide bonds. The van der Waals surface area contributed by atoms with Crippen LogP contribution in [0.2, 0.25) is 0 Å². The van der Waals surface area contributed by atoms with Gasteiger partial charge in [-0.15, -0.1) is 0 Å². The van der Waals surface area contributed by atoms with Crippen molar-refractivity contribution in [2.24, 2.45) is 0 Å². The molecule has 3 N–H and O–H groups in total. The van der Waals surface area contributed by atoms with Crippen LogP contribution >= 0.6 is 0 Å². The Labute approximate surface area is 118 Å². The number of aliphatic hydroxyl groups is 1. The highest BCUT2D eigenvalue weighted by molar-refractivity contribution is 7.87. The van der Waals surface area contributed by atoms with Crippen molar-refractivity contribution in [2.45, 2.75) is 19.9 Å². The molecule has 0 heterocycles. The molecule has 110 valence electrons. The molecule has 0 atom stereocenters. The molecule has 0 bridgehead atoms. The highest BCUT2D eigenvalue weighted by Crippen LogP contribution is 2.10. The third kappa shape index (κ3) is 5.67. The maximum atomic E-state index is 13.6. The second kappa shape index (κ2) is 7.97. The molecule has 0 unspecified atom stereocenters. The molecule has 1 aromatic carbocycles. The summed E-state index contributed by atoms with van der Waals surface area (Å²) in [7, 11) is -3.63. The molecule has 0 fully saturated rings. The van der Waals surface area contributed by atoms with Crippen molar-refractivity contribution >= 4 is 10.2 Å². The van der Waals surface area contributed by atoms with Gasteiger partial charge in [0.2, 0.25) is 0 Å². The molecule has 0 saturated heterocycles. The van der Waals surface area contributed by atoms with Crippen LogP contribution in [0, 0.1) is 17.7 Å². The predicted octanol–water partition coefficient (Wildman–Crippen LogP) is 0.504. The van der Waals surface area contributed by atoms with Crippen LogP contribution in [-0.2, 0) is 16.8 Å². The first-order valence-electron chi connectivity index (χ1n) is 6.11. The molecule has 20 heavy (non-hydrogen) atoms. The number of hydrogen-bond donors (Lipinski definition) is 3. The van der Waals surface area contributed by atoms with Gasteiger partial charge in [0.1, 0.15) is 12.4 Å². The molecule has 0 spiro atoms. The van der Waals surface area contributed by atoms with Crippen molar-refractivity contribution in [2.75, 3.05) is 13.2 Å². The van der Waals surface area contributed by atoms with Gasteiger partial charge in [-0.3, -0.25) is 0 Å². The molecule has 5 nitrogen and oxygen atoms in total. The Balaban J connectivity index is 2.77. The summed E-state index contributed by atoms with van der Waals surface area (Å²) in [4.78, 5) is 0. The van der Waals surface area contributed by atoms with Crippen molar-refractivity contribution in [3.63, 3.8) is 0 Å². The second-order valence-corrected chi connectivity index (χ2v) is 5.57. The van der Waals surface area contributed by atoms with Crippen molar-refractivity contribution in [3.8, 4) is 11.8 Å². The Morgan fingerprint density at radius 2 is 2.10 bits per heavy atom. The summed E-state index contributed by atoms with van der Waals surface area (Å²) in [6, 6.07) is 4.12. The minimum Gasteiger partial charge on any atom is -0.384 e. The fourth-order valence-corrected chi connectivity index (χ4v) is 2.31. The van der Waals surface area contributed by atoms with E-state index in [4.69, 9.17) is 5.11 Å². The normalized spacial score (nSPS) is 10.9. The quantitative estimate of drug-likeness (QED) is 0.670. The van der Waals surface area contributed by atoms with E-state index in [9.17, 15) is 12.8 Å². The van der Waals surface area contributed by atoms with Crippen molar-refractivity contribution in [1.82, 2.24) is 9.44 Å². The minimum absolute atomic E-state index is 0.167. The summed E-state index contributed by atoms with van der Waals surface area (Å²) in [5, 5.41) is 8.60. The lowest BCUT2D eigenvalue weighted by atomic mass is 10.1. The van der Waals surface area contributed by atoms with Crippen LogP contribution < -0.4 is 9.44 Å². The summed E-state index contributed by atoms with van der Waals surface area (Å²) in [5.74, 6) is 4.56. The largest absolute Gasteiger partial charge is 0.384 e. The summed E-state index contributed by atoms with van der Waals surface area (Å²) in [6.07, 6.45) is 0.668. The SMILES string of the molecule is CCCNS(=O)(=O)NCc1cc(C#CCO)ccc1F. The van der Waals surface area contributed by atoms with Crippen LogP contribution in [0.25, 0.3) is 0 Å². The number of nitrogens with one attached hydrogen (secondary N) is 2. The van der Waals surface area contributed by atoms with E-state index in [1.807, 2.05) is 6.92 Å². The summed E-state index contributed by atoms with van der Waals surface area (Å²) >= 11 is 0. The Bertz CT molecular complexity index is 606. The van der Waals surface area contributed by atoms with Gasteiger partial charge in [0.15, 0.2) is 0 Å². The van der Waals surface area contributed by atoms with Gasteiger partial charge in [-0.25, -0.2) is 9.11 Å². The number of aliphatic hydroxyl groups excluding tert-OH is 1. The monoisotopic (exact) mass is 300 g/mol. The van der Waals surface area contributed by atoms with Crippen molar-refractivity contribution < 1.29 is 17.9 Å². The molecule has 1 aromatic rings. The molecule has 7 heteroatoms. The molecule has 0 aliphatic heterocycles. The summed E-state index contributed by atoms with van der Waals surface area (Å²) in [6.45, 7) is 1.70. The fraction of sp³-hybridized carbons (Fsp3) is 0.385. The first kappa shape index (κ1) is 16.6. The lowest BCUT2D eigenvalue weighted by molar-refractivity contribution is 0.350. The lowest BCUT2D eigenvalue weighted by Crippen LogP contribution is -2.36. The van der Waals surface area contributed by atoms with E-state index in [1.54, 1.807) is 0 Å². The number of hydrogen-bond acceptors (Lipinski definition) is 3. The third-order valence-electron chi connectivity index (χ3n) is 2.35. The molecule has 0 radical (unpaired) electrons. The van der Waals surface area contributed by atoms with Crippen LogP contribution in [0.5, 0.6) is 0 Å².